The van der Waals surface area contributed by atoms with E-state index < -0.39 is 16.8 Å². The minimum Gasteiger partial charge on any atom is -0.363 e. The zero-order chi connectivity index (χ0) is 33.2. The molecule has 5 N–H and O–H groups in total. The van der Waals surface area contributed by atoms with Crippen molar-refractivity contribution in [3.05, 3.63) is 119 Å². The molecule has 0 spiro atoms. The summed E-state index contributed by atoms with van der Waals surface area (Å²) in [5, 5.41) is 10.1. The Labute approximate surface area is 271 Å². The molecule has 242 valence electrons. The van der Waals surface area contributed by atoms with E-state index >= 15 is 0 Å². The van der Waals surface area contributed by atoms with Crippen molar-refractivity contribution in [3.63, 3.8) is 0 Å². The van der Waals surface area contributed by atoms with E-state index in [-0.39, 0.29) is 29.9 Å². The van der Waals surface area contributed by atoms with Gasteiger partial charge in [0.25, 0.3) is 11.8 Å². The number of amidine groups is 1. The molecule has 4 aromatic rings. The zero-order valence-corrected chi connectivity index (χ0v) is 26.8. The third-order valence-electron chi connectivity index (χ3n) is 8.96. The molecule has 0 saturated heterocycles. The van der Waals surface area contributed by atoms with Crippen LogP contribution in [0.4, 0.5) is 5.69 Å². The molecule has 0 bridgehead atoms. The number of nitrogens with one attached hydrogen (secondary N) is 5. The van der Waals surface area contributed by atoms with Crippen LogP contribution in [-0.2, 0) is 25.9 Å². The third kappa shape index (κ3) is 5.97. The number of hydrazine groups is 2. The van der Waals surface area contributed by atoms with Crippen LogP contribution in [0.2, 0.25) is 0 Å². The highest BCUT2D eigenvalue weighted by molar-refractivity contribution is 6.01. The van der Waals surface area contributed by atoms with Crippen molar-refractivity contribution in [3.8, 4) is 0 Å². The number of hydrogen-bond acceptors (Lipinski definition) is 11. The summed E-state index contributed by atoms with van der Waals surface area (Å²) in [7, 11) is 0. The van der Waals surface area contributed by atoms with E-state index in [9.17, 15) is 19.2 Å². The molecule has 7 rings (SSSR count). The number of nitrogens with zero attached hydrogens (tertiary/aromatic N) is 4. The highest BCUT2D eigenvalue weighted by Gasteiger charge is 2.29. The van der Waals surface area contributed by atoms with E-state index in [2.05, 4.69) is 42.2 Å². The summed E-state index contributed by atoms with van der Waals surface area (Å²) in [6.45, 7) is 9.20. The first kappa shape index (κ1) is 31.5. The van der Waals surface area contributed by atoms with Crippen molar-refractivity contribution in [1.82, 2.24) is 37.1 Å². The summed E-state index contributed by atoms with van der Waals surface area (Å²) in [6.07, 6.45) is 3.56. The van der Waals surface area contributed by atoms with E-state index in [1.54, 1.807) is 6.92 Å². The van der Waals surface area contributed by atoms with Crippen molar-refractivity contribution >= 4 is 23.3 Å². The maximum absolute atomic E-state index is 13.2. The fourth-order valence-electron chi connectivity index (χ4n) is 6.51. The molecule has 1 unspecified atom stereocenters. The van der Waals surface area contributed by atoms with Gasteiger partial charge in [-0.1, -0.05) is 44.2 Å². The summed E-state index contributed by atoms with van der Waals surface area (Å²) >= 11 is 0. The number of hydrogen-bond donors (Lipinski definition) is 5. The predicted octanol–water partition coefficient (Wildman–Crippen LogP) is 1.90. The van der Waals surface area contributed by atoms with E-state index in [1.807, 2.05) is 56.0 Å². The Bertz CT molecular complexity index is 1980. The van der Waals surface area contributed by atoms with E-state index in [1.165, 1.54) is 23.5 Å². The van der Waals surface area contributed by atoms with Crippen LogP contribution in [0.1, 0.15) is 91.8 Å². The molecule has 13 nitrogen and oxygen atoms in total. The van der Waals surface area contributed by atoms with Crippen molar-refractivity contribution in [2.24, 2.45) is 5.10 Å². The Kier molecular flexibility index (Phi) is 8.81. The Hall–Kier alpha value is -5.43. The Morgan fingerprint density at radius 2 is 1.72 bits per heavy atom. The Morgan fingerprint density at radius 1 is 0.936 bits per heavy atom. The first-order valence-corrected chi connectivity index (χ1v) is 15.8. The number of aromatic nitrogens is 2. The number of hydrazone groups is 1. The SMILES string of the molecule is CC.Cc1c(C2=NNNN2)ccc2c1CCC2NC(=O)c1cc(C(=O)NCc2ccc3c(c2)CN(c2c(C)c(=O)c2=O)CC3)ncn1. The van der Waals surface area contributed by atoms with E-state index in [0.29, 0.717) is 30.2 Å². The van der Waals surface area contributed by atoms with Crippen molar-refractivity contribution < 1.29 is 9.59 Å². The van der Waals surface area contributed by atoms with Gasteiger partial charge in [0.05, 0.1) is 11.7 Å². The second kappa shape index (κ2) is 13.1. The van der Waals surface area contributed by atoms with Gasteiger partial charge < -0.3 is 15.5 Å². The van der Waals surface area contributed by atoms with Gasteiger partial charge >= 0.3 is 0 Å². The second-order valence-electron chi connectivity index (χ2n) is 11.6. The topological polar surface area (TPSA) is 170 Å². The number of benzene rings is 2. The standard InChI is InChI=1S/C32H31N9O4.C2H6/c1-16-21-7-8-24(23(21)6-5-22(16)30-37-39-40-38-30)36-32(45)26-12-25(34-15-35-26)31(44)33-13-18-3-4-19-9-10-41(14-20(19)11-18)27-17(2)28(42)29(27)43;1-2/h3-6,11-12,15,24,39-40H,7-10,13-14H2,1-2H3,(H,33,44)(H,36,45)(H,37,38);1-2H3. The predicted molar refractivity (Wildman–Crippen MR) is 177 cm³/mol. The Balaban J connectivity index is 0.00000190. The van der Waals surface area contributed by atoms with Crippen molar-refractivity contribution in [2.75, 3.05) is 11.4 Å². The van der Waals surface area contributed by atoms with E-state index in [0.717, 1.165) is 47.1 Å². The van der Waals surface area contributed by atoms with Gasteiger partial charge in [0, 0.05) is 36.8 Å². The molecule has 1 aromatic heterocycles. The first-order valence-electron chi connectivity index (χ1n) is 15.8. The molecule has 1 atom stereocenters. The van der Waals surface area contributed by atoms with E-state index in [4.69, 9.17) is 0 Å². The van der Waals surface area contributed by atoms with Crippen LogP contribution < -0.4 is 42.9 Å². The maximum Gasteiger partial charge on any atom is 0.270 e. The summed E-state index contributed by atoms with van der Waals surface area (Å²) in [5.41, 5.74) is 16.3. The number of anilines is 1. The van der Waals surface area contributed by atoms with Gasteiger partial charge in [-0.15, -0.1) is 10.6 Å². The lowest BCUT2D eigenvalue weighted by molar-refractivity contribution is 0.0931. The van der Waals surface area contributed by atoms with Crippen LogP contribution in [0.5, 0.6) is 0 Å². The lowest BCUT2D eigenvalue weighted by Crippen LogP contribution is -2.44. The minimum absolute atomic E-state index is 0.0919. The van der Waals surface area contributed by atoms with Crippen molar-refractivity contribution in [2.45, 2.75) is 66.1 Å². The number of rotatable bonds is 7. The van der Waals surface area contributed by atoms with Gasteiger partial charge in [0.15, 0.2) is 5.84 Å². The molecular weight excluding hydrogens is 598 g/mol. The molecule has 47 heavy (non-hydrogen) atoms. The smallest absolute Gasteiger partial charge is 0.270 e. The van der Waals surface area contributed by atoms with Crippen LogP contribution in [0, 0.1) is 13.8 Å². The van der Waals surface area contributed by atoms with Gasteiger partial charge in [-0.3, -0.25) is 24.6 Å². The molecule has 2 amide bonds. The summed E-state index contributed by atoms with van der Waals surface area (Å²) < 4.78 is 0. The maximum atomic E-state index is 13.2. The van der Waals surface area contributed by atoms with Gasteiger partial charge in [-0.05, 0) is 66.5 Å². The molecule has 0 saturated carbocycles. The molecule has 3 aliphatic rings. The molecule has 2 aliphatic heterocycles. The van der Waals surface area contributed by atoms with Gasteiger partial charge in [-0.2, -0.15) is 0 Å². The molecule has 13 heteroatoms. The quantitative estimate of drug-likeness (QED) is 0.189. The van der Waals surface area contributed by atoms with Crippen molar-refractivity contribution in [1.29, 1.82) is 0 Å². The lowest BCUT2D eigenvalue weighted by atomic mass is 9.95. The zero-order valence-electron chi connectivity index (χ0n) is 26.8. The summed E-state index contributed by atoms with van der Waals surface area (Å²) in [6, 6.07) is 11.2. The van der Waals surface area contributed by atoms with Crippen LogP contribution >= 0.6 is 0 Å². The highest BCUT2D eigenvalue weighted by Crippen LogP contribution is 2.35. The molecule has 0 radical (unpaired) electrons. The molecule has 3 aromatic carbocycles. The first-order chi connectivity index (χ1) is 22.8. The monoisotopic (exact) mass is 635 g/mol. The Morgan fingerprint density at radius 3 is 2.47 bits per heavy atom. The largest absolute Gasteiger partial charge is 0.363 e. The highest BCUT2D eigenvalue weighted by atomic mass is 16.2. The minimum atomic E-state index is -0.424. The molecule has 3 heterocycles. The number of carbonyl (C=O) groups excluding carboxylic acids is 2. The number of fused-ring (bicyclic) bond motifs is 2. The average Bonchev–Trinajstić information content (AvgIpc) is 3.79. The molecule has 1 aliphatic carbocycles. The molecular formula is C34H37N9O4. The summed E-state index contributed by atoms with van der Waals surface area (Å²) in [5.74, 6) is -0.0920. The van der Waals surface area contributed by atoms with Gasteiger partial charge in [0.1, 0.15) is 17.7 Å². The van der Waals surface area contributed by atoms with Crippen LogP contribution in [-0.4, -0.2) is 34.2 Å². The average molecular weight is 636 g/mol. The second-order valence-corrected chi connectivity index (χ2v) is 11.6. The number of amides is 2. The number of carbonyl (C=O) groups is 2. The van der Waals surface area contributed by atoms with Crippen LogP contribution in [0.25, 0.3) is 0 Å². The van der Waals surface area contributed by atoms with Crippen LogP contribution in [0.3, 0.4) is 0 Å². The normalized spacial score (nSPS) is 16.2. The summed E-state index contributed by atoms with van der Waals surface area (Å²) in [4.78, 5) is 60.2. The third-order valence-corrected chi connectivity index (χ3v) is 8.96. The fourth-order valence-corrected chi connectivity index (χ4v) is 6.51. The van der Waals surface area contributed by atoms with Gasteiger partial charge in [-0.25, -0.2) is 15.5 Å². The fraction of sp³-hybridized carbons (Fsp3) is 0.324. The molecule has 0 fully saturated rings. The van der Waals surface area contributed by atoms with Crippen LogP contribution in [0.15, 0.2) is 57.4 Å². The lowest BCUT2D eigenvalue weighted by Gasteiger charge is -2.32. The van der Waals surface area contributed by atoms with Gasteiger partial charge in [0.2, 0.25) is 10.9 Å².